The number of amides is 1. The van der Waals surface area contributed by atoms with Gasteiger partial charge in [0.05, 0.1) is 14.2 Å². The third-order valence-electron chi connectivity index (χ3n) is 5.35. The molecule has 0 saturated heterocycles. The van der Waals surface area contributed by atoms with Crippen LogP contribution in [-0.2, 0) is 16.6 Å². The van der Waals surface area contributed by atoms with Gasteiger partial charge in [0.15, 0.2) is 11.5 Å². The van der Waals surface area contributed by atoms with E-state index in [4.69, 9.17) is 14.2 Å². The quantitative estimate of drug-likeness (QED) is 0.516. The van der Waals surface area contributed by atoms with Crippen LogP contribution >= 0.6 is 0 Å². The van der Waals surface area contributed by atoms with Crippen molar-refractivity contribution in [2.24, 2.45) is 7.05 Å². The first kappa shape index (κ1) is 21.7. The van der Waals surface area contributed by atoms with Gasteiger partial charge in [0, 0.05) is 56.7 Å². The minimum atomic E-state index is -0.113. The fourth-order valence-electron chi connectivity index (χ4n) is 3.83. The normalized spacial score (nSPS) is 12.0. The summed E-state index contributed by atoms with van der Waals surface area (Å²) < 4.78 is 18.1. The maximum absolute atomic E-state index is 12.8. The third kappa shape index (κ3) is 4.76. The Balaban J connectivity index is 1.98. The Labute approximate surface area is 177 Å². The predicted molar refractivity (Wildman–Crippen MR) is 118 cm³/mol. The van der Waals surface area contributed by atoms with Gasteiger partial charge in [-0.1, -0.05) is 24.3 Å². The second kappa shape index (κ2) is 10.2. The van der Waals surface area contributed by atoms with Crippen molar-refractivity contribution in [1.82, 2.24) is 9.88 Å². The van der Waals surface area contributed by atoms with Crippen LogP contribution in [0.5, 0.6) is 11.5 Å². The Bertz CT molecular complexity index is 996. The maximum atomic E-state index is 12.8. The highest BCUT2D eigenvalue weighted by molar-refractivity contribution is 5.86. The maximum Gasteiger partial charge on any atom is 0.220 e. The molecule has 0 radical (unpaired) electrons. The molecule has 3 rings (SSSR count). The molecule has 1 amide bonds. The highest BCUT2D eigenvalue weighted by Gasteiger charge is 2.23. The monoisotopic (exact) mass is 410 g/mol. The van der Waals surface area contributed by atoms with Crippen LogP contribution in [0.3, 0.4) is 0 Å². The molecule has 1 N–H and O–H groups in total. The minimum absolute atomic E-state index is 0.0128. The fraction of sp³-hybridized carbons (Fsp3) is 0.375. The summed E-state index contributed by atoms with van der Waals surface area (Å²) in [5, 5.41) is 4.16. The number of benzene rings is 2. The Morgan fingerprint density at radius 3 is 2.57 bits per heavy atom. The molecule has 0 aliphatic carbocycles. The van der Waals surface area contributed by atoms with Gasteiger partial charge in [0.25, 0.3) is 0 Å². The summed E-state index contributed by atoms with van der Waals surface area (Å²) in [6.45, 7) is 1.23. The first-order valence-corrected chi connectivity index (χ1v) is 10.1. The molecule has 30 heavy (non-hydrogen) atoms. The summed E-state index contributed by atoms with van der Waals surface area (Å²) in [7, 11) is 6.93. The Morgan fingerprint density at radius 2 is 1.83 bits per heavy atom. The van der Waals surface area contributed by atoms with E-state index in [9.17, 15) is 4.79 Å². The van der Waals surface area contributed by atoms with Crippen molar-refractivity contribution in [1.29, 1.82) is 0 Å². The molecular formula is C24H30N2O4. The first-order valence-electron chi connectivity index (χ1n) is 10.1. The van der Waals surface area contributed by atoms with Crippen molar-refractivity contribution in [3.05, 3.63) is 59.8 Å². The van der Waals surface area contributed by atoms with Gasteiger partial charge >= 0.3 is 0 Å². The van der Waals surface area contributed by atoms with E-state index in [1.807, 2.05) is 37.4 Å². The van der Waals surface area contributed by atoms with Crippen LogP contribution in [-0.4, -0.2) is 45.0 Å². The molecule has 0 spiro atoms. The molecule has 0 aliphatic heterocycles. The van der Waals surface area contributed by atoms with Crippen LogP contribution < -0.4 is 14.8 Å². The summed E-state index contributed by atoms with van der Waals surface area (Å²) in [5.41, 5.74) is 3.27. The molecule has 0 bridgehead atoms. The van der Waals surface area contributed by atoms with Gasteiger partial charge in [0.2, 0.25) is 5.91 Å². The van der Waals surface area contributed by atoms with Crippen LogP contribution in [0, 0.1) is 0 Å². The van der Waals surface area contributed by atoms with E-state index < -0.39 is 0 Å². The standard InChI is InChI=1S/C24H30N2O4/c1-26-16-20(18-8-5-6-9-21(18)26)19(15-24(27)25-12-7-13-28-2)17-10-11-22(29-3)23(14-17)30-4/h5-6,8-11,14,16,19H,7,12-13,15H2,1-4H3,(H,25,27)/t19-/m0/s1. The van der Waals surface area contributed by atoms with Crippen LogP contribution in [0.1, 0.15) is 29.9 Å². The van der Waals surface area contributed by atoms with Gasteiger partial charge in [-0.25, -0.2) is 0 Å². The second-order valence-electron chi connectivity index (χ2n) is 7.28. The van der Waals surface area contributed by atoms with Gasteiger partial charge in [-0.2, -0.15) is 0 Å². The van der Waals surface area contributed by atoms with E-state index >= 15 is 0 Å². The summed E-state index contributed by atoms with van der Waals surface area (Å²) in [6.07, 6.45) is 3.25. The van der Waals surface area contributed by atoms with Gasteiger partial charge < -0.3 is 24.1 Å². The van der Waals surface area contributed by atoms with Crippen molar-refractivity contribution < 1.29 is 19.0 Å². The number of carbonyl (C=O) groups excluding carboxylic acids is 1. The second-order valence-corrected chi connectivity index (χ2v) is 7.28. The number of carbonyl (C=O) groups is 1. The molecule has 3 aromatic rings. The molecule has 0 aliphatic rings. The van der Waals surface area contributed by atoms with Crippen LogP contribution in [0.2, 0.25) is 0 Å². The zero-order valence-electron chi connectivity index (χ0n) is 18.1. The number of methoxy groups -OCH3 is 3. The number of fused-ring (bicyclic) bond motifs is 1. The summed E-state index contributed by atoms with van der Waals surface area (Å²) >= 11 is 0. The van der Waals surface area contributed by atoms with Crippen LogP contribution in [0.4, 0.5) is 0 Å². The van der Waals surface area contributed by atoms with Crippen molar-refractivity contribution >= 4 is 16.8 Å². The molecule has 6 heteroatoms. The molecule has 6 nitrogen and oxygen atoms in total. The van der Waals surface area contributed by atoms with E-state index in [1.54, 1.807) is 21.3 Å². The molecular weight excluding hydrogens is 380 g/mol. The van der Waals surface area contributed by atoms with E-state index in [1.165, 1.54) is 0 Å². The number of aromatic nitrogens is 1. The lowest BCUT2D eigenvalue weighted by atomic mass is 9.87. The topological polar surface area (TPSA) is 61.7 Å². The molecule has 0 saturated carbocycles. The van der Waals surface area contributed by atoms with Crippen molar-refractivity contribution in [3.8, 4) is 11.5 Å². The summed E-state index contributed by atoms with van der Waals surface area (Å²) in [4.78, 5) is 12.8. The van der Waals surface area contributed by atoms with Crippen LogP contribution in [0.15, 0.2) is 48.7 Å². The highest BCUT2D eigenvalue weighted by atomic mass is 16.5. The zero-order chi connectivity index (χ0) is 21.5. The molecule has 1 heterocycles. The Morgan fingerprint density at radius 1 is 1.07 bits per heavy atom. The average molecular weight is 411 g/mol. The van der Waals surface area contributed by atoms with Crippen molar-refractivity contribution in [2.75, 3.05) is 34.5 Å². The minimum Gasteiger partial charge on any atom is -0.493 e. The summed E-state index contributed by atoms with van der Waals surface area (Å²) in [5.74, 6) is 1.22. The number of aryl methyl sites for hydroxylation is 1. The molecule has 2 aromatic carbocycles. The van der Waals surface area contributed by atoms with E-state index in [0.717, 1.165) is 28.5 Å². The first-order chi connectivity index (χ1) is 14.6. The van der Waals surface area contributed by atoms with Crippen molar-refractivity contribution in [3.63, 3.8) is 0 Å². The lowest BCUT2D eigenvalue weighted by Gasteiger charge is -2.19. The predicted octanol–water partition coefficient (Wildman–Crippen LogP) is 3.87. The fourth-order valence-corrected chi connectivity index (χ4v) is 3.83. The zero-order valence-corrected chi connectivity index (χ0v) is 18.1. The third-order valence-corrected chi connectivity index (χ3v) is 5.35. The van der Waals surface area contributed by atoms with E-state index in [2.05, 4.69) is 28.2 Å². The average Bonchev–Trinajstić information content (AvgIpc) is 3.11. The lowest BCUT2D eigenvalue weighted by molar-refractivity contribution is -0.121. The molecule has 0 fully saturated rings. The largest absolute Gasteiger partial charge is 0.493 e. The molecule has 160 valence electrons. The Hall–Kier alpha value is -2.99. The summed E-state index contributed by atoms with van der Waals surface area (Å²) in [6, 6.07) is 14.1. The molecule has 0 unspecified atom stereocenters. The number of nitrogens with zero attached hydrogens (tertiary/aromatic N) is 1. The van der Waals surface area contributed by atoms with Gasteiger partial charge in [-0.3, -0.25) is 4.79 Å². The molecule has 1 atom stereocenters. The smallest absolute Gasteiger partial charge is 0.220 e. The van der Waals surface area contributed by atoms with Crippen molar-refractivity contribution in [2.45, 2.75) is 18.8 Å². The SMILES string of the molecule is COCCCNC(=O)C[C@@H](c1ccc(OC)c(OC)c1)c1cn(C)c2ccccc12. The number of nitrogens with one attached hydrogen (secondary N) is 1. The van der Waals surface area contributed by atoms with Crippen LogP contribution in [0.25, 0.3) is 10.9 Å². The lowest BCUT2D eigenvalue weighted by Crippen LogP contribution is -2.27. The molecule has 1 aromatic heterocycles. The van der Waals surface area contributed by atoms with E-state index in [0.29, 0.717) is 31.1 Å². The number of rotatable bonds is 10. The highest BCUT2D eigenvalue weighted by Crippen LogP contribution is 2.38. The number of hydrogen-bond donors (Lipinski definition) is 1. The van der Waals surface area contributed by atoms with Gasteiger partial charge in [0.1, 0.15) is 0 Å². The van der Waals surface area contributed by atoms with E-state index in [-0.39, 0.29) is 11.8 Å². The van der Waals surface area contributed by atoms with Gasteiger partial charge in [-0.05, 0) is 35.7 Å². The number of para-hydroxylation sites is 1. The Kier molecular flexibility index (Phi) is 7.36. The number of hydrogen-bond acceptors (Lipinski definition) is 4. The van der Waals surface area contributed by atoms with Gasteiger partial charge in [-0.15, -0.1) is 0 Å². The number of ether oxygens (including phenoxy) is 3.